The molecule has 0 rings (SSSR count). The summed E-state index contributed by atoms with van der Waals surface area (Å²) in [7, 11) is 0. The molecule has 1 atom stereocenters. The highest BCUT2D eigenvalue weighted by Gasteiger charge is 2.13. The Morgan fingerprint density at radius 2 is 1.18 bits per heavy atom. The first-order valence-corrected chi connectivity index (χ1v) is 7.22. The number of alkyl halides is 2. The van der Waals surface area contributed by atoms with Crippen molar-refractivity contribution >= 4 is 0 Å². The Bertz CT molecular complexity index is 151. The van der Waals surface area contributed by atoms with Gasteiger partial charge in [-0.2, -0.15) is 0 Å². The molecule has 0 aromatic heterocycles. The first kappa shape index (κ1) is 16.8. The summed E-state index contributed by atoms with van der Waals surface area (Å²) in [5.41, 5.74) is 5.28. The summed E-state index contributed by atoms with van der Waals surface area (Å²) in [6, 6.07) is -0.913. The molecular formula is C14H29F2N. The van der Waals surface area contributed by atoms with Crippen molar-refractivity contribution in [1.29, 1.82) is 0 Å². The highest BCUT2D eigenvalue weighted by atomic mass is 19.3. The maximum atomic E-state index is 12.1. The lowest BCUT2D eigenvalue weighted by Crippen LogP contribution is -2.28. The van der Waals surface area contributed by atoms with Crippen LogP contribution in [0.4, 0.5) is 8.78 Å². The minimum absolute atomic E-state index is 0.466. The smallest absolute Gasteiger partial charge is 0.253 e. The molecule has 2 N–H and O–H groups in total. The van der Waals surface area contributed by atoms with Crippen molar-refractivity contribution in [3.63, 3.8) is 0 Å². The average molecular weight is 249 g/mol. The van der Waals surface area contributed by atoms with E-state index in [9.17, 15) is 8.78 Å². The molecule has 0 bridgehead atoms. The van der Waals surface area contributed by atoms with Crippen molar-refractivity contribution in [3.8, 4) is 0 Å². The van der Waals surface area contributed by atoms with Gasteiger partial charge in [-0.15, -0.1) is 0 Å². The van der Waals surface area contributed by atoms with E-state index in [0.29, 0.717) is 6.42 Å². The van der Waals surface area contributed by atoms with Crippen LogP contribution in [0, 0.1) is 0 Å². The second-order valence-corrected chi connectivity index (χ2v) is 4.97. The summed E-state index contributed by atoms with van der Waals surface area (Å²) in [6.45, 7) is 2.23. The van der Waals surface area contributed by atoms with E-state index in [1.54, 1.807) is 0 Å². The zero-order valence-electron chi connectivity index (χ0n) is 11.3. The van der Waals surface area contributed by atoms with E-state index in [4.69, 9.17) is 5.73 Å². The summed E-state index contributed by atoms with van der Waals surface area (Å²) >= 11 is 0. The summed E-state index contributed by atoms with van der Waals surface area (Å²) in [4.78, 5) is 0. The Morgan fingerprint density at radius 3 is 1.59 bits per heavy atom. The summed E-state index contributed by atoms with van der Waals surface area (Å²) < 4.78 is 24.2. The predicted molar refractivity (Wildman–Crippen MR) is 70.4 cm³/mol. The van der Waals surface area contributed by atoms with E-state index < -0.39 is 12.5 Å². The Labute approximate surface area is 105 Å². The maximum Gasteiger partial charge on any atom is 0.253 e. The van der Waals surface area contributed by atoms with Gasteiger partial charge in [0.15, 0.2) is 0 Å². The second kappa shape index (κ2) is 12.3. The Kier molecular flexibility index (Phi) is 12.2. The molecule has 0 saturated carbocycles. The lowest BCUT2D eigenvalue weighted by molar-refractivity contribution is 0.111. The zero-order valence-corrected chi connectivity index (χ0v) is 11.3. The van der Waals surface area contributed by atoms with Crippen molar-refractivity contribution in [2.45, 2.75) is 90.0 Å². The molecule has 0 aromatic rings. The molecule has 0 saturated heterocycles. The van der Waals surface area contributed by atoms with Crippen LogP contribution in [0.5, 0.6) is 0 Å². The predicted octanol–water partition coefficient (Wildman–Crippen LogP) is 4.89. The molecule has 0 heterocycles. The fraction of sp³-hybridized carbons (Fsp3) is 1.00. The van der Waals surface area contributed by atoms with E-state index in [1.807, 2.05) is 0 Å². The minimum atomic E-state index is -2.35. The van der Waals surface area contributed by atoms with E-state index in [2.05, 4.69) is 6.92 Å². The Morgan fingerprint density at radius 1 is 0.765 bits per heavy atom. The van der Waals surface area contributed by atoms with Crippen LogP contribution in [0.3, 0.4) is 0 Å². The SMILES string of the molecule is CCCCCCCCCCCCC(N)C(F)F. The monoisotopic (exact) mass is 249 g/mol. The normalized spacial score (nSPS) is 13.2. The number of nitrogens with two attached hydrogens (primary N) is 1. The van der Waals surface area contributed by atoms with E-state index >= 15 is 0 Å². The minimum Gasteiger partial charge on any atom is -0.323 e. The van der Waals surface area contributed by atoms with Crippen LogP contribution in [-0.2, 0) is 0 Å². The number of hydrogen-bond donors (Lipinski definition) is 1. The van der Waals surface area contributed by atoms with Crippen LogP contribution < -0.4 is 5.73 Å². The molecule has 0 fully saturated rings. The Hall–Kier alpha value is -0.180. The van der Waals surface area contributed by atoms with Gasteiger partial charge in [-0.25, -0.2) is 8.78 Å². The summed E-state index contributed by atoms with van der Waals surface area (Å²) in [5.74, 6) is 0. The number of unbranched alkanes of at least 4 members (excludes halogenated alkanes) is 9. The molecule has 1 unspecified atom stereocenters. The first-order chi connectivity index (χ1) is 8.18. The van der Waals surface area contributed by atoms with E-state index in [0.717, 1.165) is 12.8 Å². The van der Waals surface area contributed by atoms with Crippen LogP contribution in [0.25, 0.3) is 0 Å². The average Bonchev–Trinajstić information content (AvgIpc) is 2.31. The lowest BCUT2D eigenvalue weighted by atomic mass is 10.0. The zero-order chi connectivity index (χ0) is 12.9. The molecule has 0 spiro atoms. The lowest BCUT2D eigenvalue weighted by Gasteiger charge is -2.09. The number of hydrogen-bond acceptors (Lipinski definition) is 1. The van der Waals surface area contributed by atoms with Gasteiger partial charge in [0, 0.05) is 0 Å². The molecule has 0 aliphatic carbocycles. The highest BCUT2D eigenvalue weighted by molar-refractivity contribution is 4.63. The van der Waals surface area contributed by atoms with Crippen molar-refractivity contribution < 1.29 is 8.78 Å². The summed E-state index contributed by atoms with van der Waals surface area (Å²) in [6.07, 6.45) is 10.4. The van der Waals surface area contributed by atoms with Gasteiger partial charge in [-0.05, 0) is 6.42 Å². The van der Waals surface area contributed by atoms with Crippen LogP contribution >= 0.6 is 0 Å². The number of halogens is 2. The first-order valence-electron chi connectivity index (χ1n) is 7.22. The van der Waals surface area contributed by atoms with Crippen LogP contribution in [0.1, 0.15) is 77.6 Å². The van der Waals surface area contributed by atoms with Crippen LogP contribution in [0.15, 0.2) is 0 Å². The molecule has 0 radical (unpaired) electrons. The second-order valence-electron chi connectivity index (χ2n) is 4.97. The third-order valence-electron chi connectivity index (χ3n) is 3.21. The highest BCUT2D eigenvalue weighted by Crippen LogP contribution is 2.13. The van der Waals surface area contributed by atoms with Gasteiger partial charge in [0.05, 0.1) is 6.04 Å². The van der Waals surface area contributed by atoms with Gasteiger partial charge < -0.3 is 5.73 Å². The third-order valence-corrected chi connectivity index (χ3v) is 3.21. The van der Waals surface area contributed by atoms with Crippen molar-refractivity contribution in [1.82, 2.24) is 0 Å². The molecule has 104 valence electrons. The van der Waals surface area contributed by atoms with Crippen molar-refractivity contribution in [2.75, 3.05) is 0 Å². The number of rotatable bonds is 12. The quantitative estimate of drug-likeness (QED) is 0.490. The largest absolute Gasteiger partial charge is 0.323 e. The van der Waals surface area contributed by atoms with Crippen LogP contribution in [-0.4, -0.2) is 12.5 Å². The third kappa shape index (κ3) is 12.1. The fourth-order valence-electron chi connectivity index (χ4n) is 1.99. The van der Waals surface area contributed by atoms with Gasteiger partial charge in [-0.1, -0.05) is 71.1 Å². The topological polar surface area (TPSA) is 26.0 Å². The van der Waals surface area contributed by atoms with Gasteiger partial charge in [0.2, 0.25) is 0 Å². The molecule has 0 amide bonds. The molecule has 0 aliphatic heterocycles. The maximum absolute atomic E-state index is 12.1. The van der Waals surface area contributed by atoms with Gasteiger partial charge in [0.1, 0.15) is 0 Å². The standard InChI is InChI=1S/C14H29F2N/c1-2-3-4-5-6-7-8-9-10-11-12-13(17)14(15)16/h13-14H,2-12,17H2,1H3. The molecule has 0 aliphatic rings. The molecule has 1 nitrogen and oxygen atoms in total. The molecule has 17 heavy (non-hydrogen) atoms. The van der Waals surface area contributed by atoms with E-state index in [1.165, 1.54) is 51.4 Å². The van der Waals surface area contributed by atoms with Gasteiger partial charge in [-0.3, -0.25) is 0 Å². The van der Waals surface area contributed by atoms with Gasteiger partial charge >= 0.3 is 0 Å². The molecular weight excluding hydrogens is 220 g/mol. The van der Waals surface area contributed by atoms with Crippen LogP contribution in [0.2, 0.25) is 0 Å². The Balaban J connectivity index is 3.03. The molecule has 3 heteroatoms. The molecule has 0 aromatic carbocycles. The van der Waals surface area contributed by atoms with Gasteiger partial charge in [0.25, 0.3) is 6.43 Å². The summed E-state index contributed by atoms with van der Waals surface area (Å²) in [5, 5.41) is 0. The van der Waals surface area contributed by atoms with Crippen molar-refractivity contribution in [3.05, 3.63) is 0 Å². The van der Waals surface area contributed by atoms with Crippen molar-refractivity contribution in [2.24, 2.45) is 5.73 Å². The van der Waals surface area contributed by atoms with E-state index in [-0.39, 0.29) is 0 Å². The fourth-order valence-corrected chi connectivity index (χ4v) is 1.99.